The van der Waals surface area contributed by atoms with Crippen molar-refractivity contribution in [2.24, 2.45) is 10.9 Å². The van der Waals surface area contributed by atoms with Crippen LogP contribution in [0, 0.1) is 6.92 Å². The fraction of sp³-hybridized carbons (Fsp3) is 0.167. The summed E-state index contributed by atoms with van der Waals surface area (Å²) in [6, 6.07) is 1.42. The highest BCUT2D eigenvalue weighted by Crippen LogP contribution is 2.33. The molecule has 2 rings (SSSR count). The number of anilines is 1. The highest BCUT2D eigenvalue weighted by Gasteiger charge is 2.25. The van der Waals surface area contributed by atoms with E-state index in [0.717, 1.165) is 0 Å². The van der Waals surface area contributed by atoms with Crippen molar-refractivity contribution in [3.8, 4) is 11.4 Å². The third-order valence-electron chi connectivity index (χ3n) is 3.05. The molecule has 1 amide bonds. The number of amides is 1. The molecule has 0 atom stereocenters. The van der Waals surface area contributed by atoms with Crippen molar-refractivity contribution in [2.75, 3.05) is 12.4 Å². The number of carbonyl (C=O) groups excluding carboxylic acids is 1. The summed E-state index contributed by atoms with van der Waals surface area (Å²) in [4.78, 5) is 23.2. The van der Waals surface area contributed by atoms with Crippen LogP contribution in [-0.4, -0.2) is 36.3 Å². The van der Waals surface area contributed by atoms with Gasteiger partial charge in [-0.3, -0.25) is 4.79 Å². The summed E-state index contributed by atoms with van der Waals surface area (Å²) in [6.07, 6.45) is 2.52. The average molecular weight is 322 g/mol. The highest BCUT2D eigenvalue weighted by molar-refractivity contribution is 7.89. The Kier molecular flexibility index (Phi) is 4.06. The van der Waals surface area contributed by atoms with E-state index in [0.29, 0.717) is 5.56 Å². The molecule has 2 aromatic rings. The number of nitrogens with zero attached hydrogens (tertiary/aromatic N) is 3. The Morgan fingerprint density at radius 1 is 1.27 bits per heavy atom. The molecule has 1 heterocycles. The van der Waals surface area contributed by atoms with Gasteiger partial charge in [-0.15, -0.1) is 0 Å². The van der Waals surface area contributed by atoms with Gasteiger partial charge >= 0.3 is 0 Å². The average Bonchev–Trinajstić information content (AvgIpc) is 2.45. The van der Waals surface area contributed by atoms with Crippen molar-refractivity contribution < 1.29 is 13.2 Å². The predicted molar refractivity (Wildman–Crippen MR) is 79.4 cm³/mol. The molecule has 22 heavy (non-hydrogen) atoms. The zero-order valence-electron chi connectivity index (χ0n) is 11.9. The van der Waals surface area contributed by atoms with Crippen LogP contribution >= 0.6 is 0 Å². The zero-order valence-corrected chi connectivity index (χ0v) is 12.7. The Hall–Kier alpha value is -2.59. The molecule has 0 aliphatic rings. The molecule has 0 radical (unpaired) electrons. The first-order chi connectivity index (χ1) is 10.3. The number of rotatable bonds is 4. The Balaban J connectivity index is 2.93. The van der Waals surface area contributed by atoms with Gasteiger partial charge in [0.05, 0.1) is 11.3 Å². The molecule has 0 bridgehead atoms. The molecule has 0 spiro atoms. The predicted octanol–water partition coefficient (Wildman–Crippen LogP) is -0.365. The molecular formula is C12H14N6O3S. The van der Waals surface area contributed by atoms with Crippen molar-refractivity contribution in [3.63, 3.8) is 0 Å². The minimum Gasteiger partial charge on any atom is -0.387 e. The third kappa shape index (κ3) is 2.73. The maximum Gasteiger partial charge on any atom is 0.249 e. The summed E-state index contributed by atoms with van der Waals surface area (Å²) < 4.78 is 23.6. The molecular weight excluding hydrogens is 308 g/mol. The van der Waals surface area contributed by atoms with Crippen LogP contribution in [0.3, 0.4) is 0 Å². The van der Waals surface area contributed by atoms with Gasteiger partial charge in [-0.05, 0) is 18.6 Å². The fourth-order valence-corrected chi connectivity index (χ4v) is 3.22. The van der Waals surface area contributed by atoms with E-state index in [1.165, 1.54) is 32.7 Å². The second-order valence-corrected chi connectivity index (χ2v) is 5.92. The van der Waals surface area contributed by atoms with Gasteiger partial charge in [0, 0.05) is 12.6 Å². The molecule has 0 saturated heterocycles. The number of primary sulfonamides is 1. The quantitative estimate of drug-likeness (QED) is 0.694. The van der Waals surface area contributed by atoms with E-state index in [9.17, 15) is 13.2 Å². The number of carbonyl (C=O) groups is 1. The number of hydrogen-bond donors (Lipinski definition) is 3. The molecule has 0 aliphatic heterocycles. The number of nitrogens with two attached hydrogens (primary N) is 2. The van der Waals surface area contributed by atoms with Crippen molar-refractivity contribution >= 4 is 21.6 Å². The van der Waals surface area contributed by atoms with E-state index in [1.807, 2.05) is 0 Å². The second-order valence-electron chi connectivity index (χ2n) is 4.42. The van der Waals surface area contributed by atoms with Crippen molar-refractivity contribution in [2.45, 2.75) is 11.8 Å². The molecule has 116 valence electrons. The molecule has 10 heteroatoms. The lowest BCUT2D eigenvalue weighted by atomic mass is 9.99. The first-order valence-electron chi connectivity index (χ1n) is 6.07. The maximum atomic E-state index is 11.8. The second kappa shape index (κ2) is 5.66. The monoisotopic (exact) mass is 322 g/mol. The van der Waals surface area contributed by atoms with Crippen molar-refractivity contribution in [1.82, 2.24) is 15.0 Å². The lowest BCUT2D eigenvalue weighted by molar-refractivity contribution is 0.1000. The van der Waals surface area contributed by atoms with E-state index in [2.05, 4.69) is 20.3 Å². The number of sulfonamides is 1. The largest absolute Gasteiger partial charge is 0.387 e. The summed E-state index contributed by atoms with van der Waals surface area (Å²) in [5, 5.41) is 7.97. The lowest BCUT2D eigenvalue weighted by Crippen LogP contribution is -2.21. The normalized spacial score (nSPS) is 11.2. The van der Waals surface area contributed by atoms with Gasteiger partial charge < -0.3 is 11.1 Å². The van der Waals surface area contributed by atoms with Gasteiger partial charge in [0.15, 0.2) is 5.82 Å². The summed E-state index contributed by atoms with van der Waals surface area (Å²) in [5.41, 5.74) is 6.04. The number of hydrogen-bond acceptors (Lipinski definition) is 7. The first kappa shape index (κ1) is 15.8. The smallest absolute Gasteiger partial charge is 0.249 e. The molecule has 9 nitrogen and oxygen atoms in total. The minimum absolute atomic E-state index is 0.00535. The Morgan fingerprint density at radius 3 is 2.32 bits per heavy atom. The fourth-order valence-electron chi connectivity index (χ4n) is 2.22. The molecule has 0 unspecified atom stereocenters. The van der Waals surface area contributed by atoms with Crippen molar-refractivity contribution in [3.05, 3.63) is 29.8 Å². The van der Waals surface area contributed by atoms with Crippen LogP contribution in [0.15, 0.2) is 23.6 Å². The Labute approximate surface area is 126 Å². The lowest BCUT2D eigenvalue weighted by Gasteiger charge is -2.16. The summed E-state index contributed by atoms with van der Waals surface area (Å²) in [7, 11) is -2.52. The van der Waals surface area contributed by atoms with E-state index >= 15 is 0 Å². The molecule has 1 aromatic heterocycles. The van der Waals surface area contributed by atoms with Crippen molar-refractivity contribution in [1.29, 1.82) is 0 Å². The van der Waals surface area contributed by atoms with Crippen LogP contribution in [0.4, 0.5) is 5.69 Å². The zero-order chi connectivity index (χ0) is 16.5. The minimum atomic E-state index is -4.05. The number of aromatic nitrogens is 3. The van der Waals surface area contributed by atoms with Gasteiger partial charge in [0.1, 0.15) is 17.6 Å². The van der Waals surface area contributed by atoms with Crippen LogP contribution in [0.25, 0.3) is 11.4 Å². The van der Waals surface area contributed by atoms with Crippen LogP contribution in [0.2, 0.25) is 0 Å². The van der Waals surface area contributed by atoms with Gasteiger partial charge in [-0.25, -0.2) is 28.5 Å². The molecule has 0 saturated carbocycles. The number of benzene rings is 1. The SMILES string of the molecule is CNc1cc(-c2ncncn2)c(C(N)=O)c(C)c1S(N)(=O)=O. The van der Waals surface area contributed by atoms with Crippen LogP contribution in [-0.2, 0) is 10.0 Å². The van der Waals surface area contributed by atoms with Gasteiger partial charge in [0.25, 0.3) is 0 Å². The molecule has 5 N–H and O–H groups in total. The van der Waals surface area contributed by atoms with E-state index in [1.54, 1.807) is 0 Å². The van der Waals surface area contributed by atoms with Gasteiger partial charge in [-0.2, -0.15) is 0 Å². The van der Waals surface area contributed by atoms with Crippen LogP contribution in [0.5, 0.6) is 0 Å². The highest BCUT2D eigenvalue weighted by atomic mass is 32.2. The van der Waals surface area contributed by atoms with Gasteiger partial charge in [-0.1, -0.05) is 0 Å². The van der Waals surface area contributed by atoms with Crippen LogP contribution < -0.4 is 16.2 Å². The topological polar surface area (TPSA) is 154 Å². The molecule has 0 fully saturated rings. The summed E-state index contributed by atoms with van der Waals surface area (Å²) in [5.74, 6) is -0.607. The number of primary amides is 1. The molecule has 1 aromatic carbocycles. The van der Waals surface area contributed by atoms with E-state index in [4.69, 9.17) is 10.9 Å². The van der Waals surface area contributed by atoms with E-state index < -0.39 is 15.9 Å². The van der Waals surface area contributed by atoms with Crippen LogP contribution in [0.1, 0.15) is 15.9 Å². The summed E-state index contributed by atoms with van der Waals surface area (Å²) in [6.45, 7) is 1.45. The Morgan fingerprint density at radius 2 is 1.86 bits per heavy atom. The Bertz CT molecular complexity index is 836. The number of nitrogens with one attached hydrogen (secondary N) is 1. The first-order valence-corrected chi connectivity index (χ1v) is 7.62. The maximum absolute atomic E-state index is 11.8. The standard InChI is InChI=1S/C12H14N6O3S/c1-6-9(11(13)19)7(12-17-4-16-5-18-12)3-8(15-2)10(6)22(14,20)21/h3-5,15H,1-2H3,(H2,13,19)(H2,14,20,21). The van der Waals surface area contributed by atoms with E-state index in [-0.39, 0.29) is 27.5 Å². The summed E-state index contributed by atoms with van der Waals surface area (Å²) >= 11 is 0. The van der Waals surface area contributed by atoms with Gasteiger partial charge in [0.2, 0.25) is 15.9 Å². The molecule has 0 aliphatic carbocycles. The third-order valence-corrected chi connectivity index (χ3v) is 4.15.